The summed E-state index contributed by atoms with van der Waals surface area (Å²) in [5.74, 6) is 0. The summed E-state index contributed by atoms with van der Waals surface area (Å²) < 4.78 is 0. The van der Waals surface area contributed by atoms with E-state index in [1.165, 1.54) is 16.7 Å². The first-order valence-corrected chi connectivity index (χ1v) is 12.7. The van der Waals surface area contributed by atoms with Gasteiger partial charge in [0.2, 0.25) is 8.07 Å². The average Bonchev–Trinajstić information content (AvgIpc) is 2.76. The van der Waals surface area contributed by atoms with Crippen molar-refractivity contribution < 1.29 is 0 Å². The van der Waals surface area contributed by atoms with Crippen LogP contribution >= 0.6 is 0 Å². The van der Waals surface area contributed by atoms with E-state index in [-0.39, 0.29) is 15.1 Å². The largest absolute Gasteiger partial charge is 0.207 e. The predicted octanol–water partition coefficient (Wildman–Crippen LogP) is 7.05. The van der Waals surface area contributed by atoms with Gasteiger partial charge in [-0.2, -0.15) is 0 Å². The topological polar surface area (TPSA) is 23.8 Å². The minimum absolute atomic E-state index is 0.290. The van der Waals surface area contributed by atoms with Crippen molar-refractivity contribution in [3.8, 4) is 5.69 Å². The molecule has 0 radical (unpaired) electrons. The minimum Gasteiger partial charge on any atom is -0.207 e. The molecule has 0 aliphatic heterocycles. The Hall–Kier alpha value is -2.63. The molecule has 0 aliphatic rings. The van der Waals surface area contributed by atoms with E-state index in [1.807, 2.05) is 0 Å². The van der Waals surface area contributed by atoms with Crippen LogP contribution < -0.4 is 0 Å². The van der Waals surface area contributed by atoms with Gasteiger partial charge in [0.25, 0.3) is 0 Å². The lowest BCUT2D eigenvalue weighted by atomic mass is 9.99. The maximum absolute atomic E-state index is 11.2. The molecule has 30 heavy (non-hydrogen) atoms. The van der Waals surface area contributed by atoms with Crippen LogP contribution in [0.25, 0.3) is 0 Å². The van der Waals surface area contributed by atoms with Gasteiger partial charge in [-0.3, -0.25) is 0 Å². The summed E-state index contributed by atoms with van der Waals surface area (Å²) in [5.41, 5.74) is 6.80. The van der Waals surface area contributed by atoms with Crippen molar-refractivity contribution in [1.29, 1.82) is 5.26 Å². The zero-order chi connectivity index (χ0) is 22.0. The van der Waals surface area contributed by atoms with Crippen LogP contribution in [-0.4, -0.2) is 8.07 Å². The average molecular weight is 412 g/mol. The molecule has 0 bridgehead atoms. The van der Waals surface area contributed by atoms with E-state index in [4.69, 9.17) is 0 Å². The van der Waals surface area contributed by atoms with E-state index in [9.17, 15) is 5.26 Å². The van der Waals surface area contributed by atoms with Gasteiger partial charge in [0.1, 0.15) is 0 Å². The summed E-state index contributed by atoms with van der Waals surface area (Å²) in [6, 6.07) is 31.9. The molecule has 2 heteroatoms. The molecule has 0 saturated heterocycles. The van der Waals surface area contributed by atoms with Crippen molar-refractivity contribution in [3.63, 3.8) is 0 Å². The van der Waals surface area contributed by atoms with Gasteiger partial charge in [0.05, 0.1) is 0 Å². The highest BCUT2D eigenvalue weighted by Gasteiger charge is 2.67. The summed E-state index contributed by atoms with van der Waals surface area (Å²) in [6.07, 6.45) is 0. The second-order valence-corrected chi connectivity index (χ2v) is 15.3. The Morgan fingerprint density at radius 2 is 0.733 bits per heavy atom. The van der Waals surface area contributed by atoms with Gasteiger partial charge in [-0.1, -0.05) is 133 Å². The minimum atomic E-state index is -2.87. The molecule has 0 spiro atoms. The van der Waals surface area contributed by atoms with Crippen molar-refractivity contribution in [3.05, 3.63) is 108 Å². The van der Waals surface area contributed by atoms with Crippen LogP contribution in [0.5, 0.6) is 0 Å². The molecule has 0 fully saturated rings. The van der Waals surface area contributed by atoms with Crippen LogP contribution in [0.2, 0.25) is 0 Å². The Morgan fingerprint density at radius 1 is 0.500 bits per heavy atom. The van der Waals surface area contributed by atoms with Gasteiger partial charge < -0.3 is 0 Å². The number of benzene rings is 3. The van der Waals surface area contributed by atoms with Crippen LogP contribution in [0.3, 0.4) is 0 Å². The SMILES string of the molecule is CC(C)(c1ccccc1)[Si](C#N)(C(C)(C)c1ccccc1)C(C)(C)c1ccccc1. The van der Waals surface area contributed by atoms with Gasteiger partial charge >= 0.3 is 0 Å². The van der Waals surface area contributed by atoms with Crippen molar-refractivity contribution >= 4 is 8.07 Å². The van der Waals surface area contributed by atoms with Crippen molar-refractivity contribution in [2.24, 2.45) is 0 Å². The first kappa shape index (κ1) is 22.1. The lowest BCUT2D eigenvalue weighted by molar-refractivity contribution is 0.538. The van der Waals surface area contributed by atoms with E-state index >= 15 is 0 Å². The molecule has 3 rings (SSSR count). The number of nitrogens with zero attached hydrogens (tertiary/aromatic N) is 1. The lowest BCUT2D eigenvalue weighted by Crippen LogP contribution is -2.73. The smallest absolute Gasteiger partial charge is 0.203 e. The molecule has 3 aromatic rings. The Kier molecular flexibility index (Phi) is 5.80. The normalized spacial score (nSPS) is 13.0. The maximum atomic E-state index is 11.2. The third kappa shape index (κ3) is 3.13. The summed E-state index contributed by atoms with van der Waals surface area (Å²) in [7, 11) is -2.87. The summed E-state index contributed by atoms with van der Waals surface area (Å²) in [4.78, 5) is 0. The molecule has 0 N–H and O–H groups in total. The molecule has 0 amide bonds. The highest BCUT2D eigenvalue weighted by molar-refractivity contribution is 6.93. The summed E-state index contributed by atoms with van der Waals surface area (Å²) >= 11 is 0. The molecular formula is C28H33NSi. The molecule has 3 aromatic carbocycles. The summed E-state index contributed by atoms with van der Waals surface area (Å²) in [6.45, 7) is 13.8. The van der Waals surface area contributed by atoms with Crippen LogP contribution in [-0.2, 0) is 15.1 Å². The fourth-order valence-electron chi connectivity index (χ4n) is 5.98. The second kappa shape index (κ2) is 7.89. The summed E-state index contributed by atoms with van der Waals surface area (Å²) in [5, 5.41) is 10.3. The predicted molar refractivity (Wildman–Crippen MR) is 130 cm³/mol. The van der Waals surface area contributed by atoms with Gasteiger partial charge in [-0.15, -0.1) is 0 Å². The van der Waals surface area contributed by atoms with Crippen molar-refractivity contribution in [2.75, 3.05) is 0 Å². The van der Waals surface area contributed by atoms with Gasteiger partial charge in [-0.05, 0) is 31.8 Å². The van der Waals surface area contributed by atoms with Crippen LogP contribution in [0.4, 0.5) is 0 Å². The number of hydrogen-bond donors (Lipinski definition) is 0. The molecule has 0 aromatic heterocycles. The lowest BCUT2D eigenvalue weighted by Gasteiger charge is -2.58. The molecule has 0 heterocycles. The van der Waals surface area contributed by atoms with Crippen LogP contribution in [0, 0.1) is 11.0 Å². The number of rotatable bonds is 6. The number of nitriles is 1. The standard InChI is InChI=1S/C28H33NSi/c1-26(2,23-16-10-7-11-17-23)30(22-29,27(3,4)24-18-12-8-13-19-24)28(5,6)25-20-14-9-15-21-25/h7-21H,1-6H3. The fraction of sp³-hybridized carbons (Fsp3) is 0.321. The third-order valence-corrected chi connectivity index (χ3v) is 14.3. The first-order chi connectivity index (χ1) is 14.1. The highest BCUT2D eigenvalue weighted by atomic mass is 28.3. The van der Waals surface area contributed by atoms with Crippen LogP contribution in [0.15, 0.2) is 91.0 Å². The van der Waals surface area contributed by atoms with Crippen molar-refractivity contribution in [1.82, 2.24) is 0 Å². The molecule has 0 atom stereocenters. The number of hydrogen-bond acceptors (Lipinski definition) is 1. The first-order valence-electron chi connectivity index (χ1n) is 10.7. The molecular weight excluding hydrogens is 378 g/mol. The zero-order valence-corrected chi connectivity index (χ0v) is 20.1. The maximum Gasteiger partial charge on any atom is 0.203 e. The fourth-order valence-corrected chi connectivity index (χ4v) is 13.3. The Bertz CT molecular complexity index is 887. The van der Waals surface area contributed by atoms with Crippen molar-refractivity contribution in [2.45, 2.75) is 56.7 Å². The van der Waals surface area contributed by atoms with E-state index < -0.39 is 8.07 Å². The van der Waals surface area contributed by atoms with Gasteiger partial charge in [-0.25, -0.2) is 5.26 Å². The van der Waals surface area contributed by atoms with Gasteiger partial charge in [0.15, 0.2) is 0 Å². The molecule has 0 saturated carbocycles. The molecule has 1 nitrogen and oxygen atoms in total. The monoisotopic (exact) mass is 411 g/mol. The molecule has 154 valence electrons. The van der Waals surface area contributed by atoms with E-state index in [2.05, 4.69) is 138 Å². The quantitative estimate of drug-likeness (QED) is 0.399. The Balaban J connectivity index is 2.41. The molecule has 0 aliphatic carbocycles. The molecule has 0 unspecified atom stereocenters. The van der Waals surface area contributed by atoms with E-state index in [0.29, 0.717) is 0 Å². The van der Waals surface area contributed by atoms with E-state index in [0.717, 1.165) is 0 Å². The van der Waals surface area contributed by atoms with E-state index in [1.54, 1.807) is 0 Å². The highest BCUT2D eigenvalue weighted by Crippen LogP contribution is 2.54. The van der Waals surface area contributed by atoms with Gasteiger partial charge in [0, 0.05) is 5.69 Å². The second-order valence-electron chi connectivity index (χ2n) is 9.83. The Labute approximate surface area is 183 Å². The Morgan fingerprint density at radius 3 is 0.933 bits per heavy atom. The van der Waals surface area contributed by atoms with Crippen LogP contribution in [0.1, 0.15) is 58.2 Å². The zero-order valence-electron chi connectivity index (χ0n) is 19.1. The third-order valence-electron chi connectivity index (χ3n) is 7.47.